The lowest BCUT2D eigenvalue weighted by atomic mass is 9.82. The average Bonchev–Trinajstić information content (AvgIpc) is 2.48. The third kappa shape index (κ3) is 3.32. The van der Waals surface area contributed by atoms with Crippen LogP contribution in [-0.4, -0.2) is 38.9 Å². The van der Waals surface area contributed by atoms with Crippen LogP contribution < -0.4 is 15.5 Å². The third-order valence-electron chi connectivity index (χ3n) is 5.08. The van der Waals surface area contributed by atoms with Crippen LogP contribution in [0.4, 0.5) is 17.1 Å². The van der Waals surface area contributed by atoms with E-state index in [9.17, 15) is 0 Å². The van der Waals surface area contributed by atoms with Crippen molar-refractivity contribution < 1.29 is 4.74 Å². The molecular formula is C18H29N3O. The second-order valence-corrected chi connectivity index (χ2v) is 7.52. The molecule has 1 aromatic rings. The Labute approximate surface area is 134 Å². The molecule has 3 rings (SSSR count). The molecule has 0 spiro atoms. The predicted octanol–water partition coefficient (Wildman–Crippen LogP) is 3.12. The molecular weight excluding hydrogens is 274 g/mol. The zero-order valence-corrected chi connectivity index (χ0v) is 14.1. The number of piperidine rings is 1. The summed E-state index contributed by atoms with van der Waals surface area (Å²) in [5.41, 5.74) is 10.1. The van der Waals surface area contributed by atoms with Crippen LogP contribution >= 0.6 is 0 Å². The van der Waals surface area contributed by atoms with E-state index in [2.05, 4.69) is 48.8 Å². The van der Waals surface area contributed by atoms with Crippen molar-refractivity contribution in [3.05, 3.63) is 18.2 Å². The van der Waals surface area contributed by atoms with E-state index in [1.54, 1.807) is 0 Å². The van der Waals surface area contributed by atoms with Crippen molar-refractivity contribution in [2.24, 2.45) is 5.41 Å². The smallest absolute Gasteiger partial charge is 0.0722 e. The first-order chi connectivity index (χ1) is 10.4. The standard InChI is InChI=1S/C18H29N3O/c1-14-13-21(10-11-22-14)15-4-5-16(19)17(12-15)20-8-6-18(2,3)7-9-20/h4-5,12,14H,6-11,13,19H2,1-3H3. The van der Waals surface area contributed by atoms with Gasteiger partial charge in [0.1, 0.15) is 0 Å². The van der Waals surface area contributed by atoms with Crippen molar-refractivity contribution in [1.29, 1.82) is 0 Å². The second kappa shape index (κ2) is 5.99. The molecule has 0 amide bonds. The average molecular weight is 303 g/mol. The number of morpholine rings is 1. The van der Waals surface area contributed by atoms with Crippen LogP contribution in [0.1, 0.15) is 33.6 Å². The Morgan fingerprint density at radius 3 is 2.55 bits per heavy atom. The Morgan fingerprint density at radius 1 is 1.14 bits per heavy atom. The van der Waals surface area contributed by atoms with Crippen LogP contribution in [-0.2, 0) is 4.74 Å². The molecule has 2 aliphatic rings. The van der Waals surface area contributed by atoms with E-state index in [0.717, 1.165) is 38.5 Å². The molecule has 2 heterocycles. The molecule has 0 bridgehead atoms. The Balaban J connectivity index is 1.78. The number of nitrogens with two attached hydrogens (primary N) is 1. The van der Waals surface area contributed by atoms with Gasteiger partial charge < -0.3 is 20.3 Å². The minimum atomic E-state index is 0.297. The van der Waals surface area contributed by atoms with Crippen molar-refractivity contribution in [1.82, 2.24) is 0 Å². The van der Waals surface area contributed by atoms with E-state index in [4.69, 9.17) is 10.5 Å². The van der Waals surface area contributed by atoms with Crippen molar-refractivity contribution in [3.63, 3.8) is 0 Å². The fourth-order valence-electron chi connectivity index (χ4n) is 3.41. The SMILES string of the molecule is CC1CN(c2ccc(N)c(N3CCC(C)(C)CC3)c2)CCO1. The maximum absolute atomic E-state index is 6.26. The van der Waals surface area contributed by atoms with Crippen molar-refractivity contribution in [3.8, 4) is 0 Å². The maximum atomic E-state index is 6.26. The van der Waals surface area contributed by atoms with Gasteiger partial charge in [-0.05, 0) is 43.4 Å². The van der Waals surface area contributed by atoms with Gasteiger partial charge in [-0.25, -0.2) is 0 Å². The predicted molar refractivity (Wildman–Crippen MR) is 93.7 cm³/mol. The third-order valence-corrected chi connectivity index (χ3v) is 5.08. The fraction of sp³-hybridized carbons (Fsp3) is 0.667. The van der Waals surface area contributed by atoms with Crippen LogP contribution in [0.5, 0.6) is 0 Å². The number of hydrogen-bond acceptors (Lipinski definition) is 4. The van der Waals surface area contributed by atoms with Crippen LogP contribution in [0.15, 0.2) is 18.2 Å². The number of nitrogen functional groups attached to an aromatic ring is 1. The van der Waals surface area contributed by atoms with Gasteiger partial charge in [-0.15, -0.1) is 0 Å². The zero-order chi connectivity index (χ0) is 15.7. The van der Waals surface area contributed by atoms with E-state index in [0.29, 0.717) is 11.5 Å². The second-order valence-electron chi connectivity index (χ2n) is 7.52. The zero-order valence-electron chi connectivity index (χ0n) is 14.1. The minimum absolute atomic E-state index is 0.297. The largest absolute Gasteiger partial charge is 0.397 e. The summed E-state index contributed by atoms with van der Waals surface area (Å²) in [7, 11) is 0. The molecule has 1 atom stereocenters. The molecule has 4 heteroatoms. The lowest BCUT2D eigenvalue weighted by Gasteiger charge is -2.39. The summed E-state index contributed by atoms with van der Waals surface area (Å²) in [6.07, 6.45) is 2.75. The topological polar surface area (TPSA) is 41.7 Å². The van der Waals surface area contributed by atoms with Gasteiger partial charge in [-0.1, -0.05) is 13.8 Å². The summed E-state index contributed by atoms with van der Waals surface area (Å²) in [5, 5.41) is 0. The Bertz CT molecular complexity index is 519. The van der Waals surface area contributed by atoms with Crippen molar-refractivity contribution in [2.75, 3.05) is 48.3 Å². The highest BCUT2D eigenvalue weighted by Gasteiger charge is 2.27. The summed E-state index contributed by atoms with van der Waals surface area (Å²) < 4.78 is 5.65. The summed E-state index contributed by atoms with van der Waals surface area (Å²) >= 11 is 0. The first-order valence-corrected chi connectivity index (χ1v) is 8.46. The monoisotopic (exact) mass is 303 g/mol. The summed E-state index contributed by atoms with van der Waals surface area (Å²) in [5.74, 6) is 0. The van der Waals surface area contributed by atoms with Gasteiger partial charge in [0.15, 0.2) is 0 Å². The highest BCUT2D eigenvalue weighted by Crippen LogP contribution is 2.36. The number of benzene rings is 1. The maximum Gasteiger partial charge on any atom is 0.0722 e. The molecule has 1 aromatic carbocycles. The van der Waals surface area contributed by atoms with E-state index in [1.807, 2.05) is 0 Å². The number of anilines is 3. The number of ether oxygens (including phenoxy) is 1. The summed E-state index contributed by atoms with van der Waals surface area (Å²) in [6, 6.07) is 6.47. The lowest BCUT2D eigenvalue weighted by Crippen LogP contribution is -2.41. The van der Waals surface area contributed by atoms with Crippen LogP contribution in [0.3, 0.4) is 0 Å². The first kappa shape index (κ1) is 15.5. The summed E-state index contributed by atoms with van der Waals surface area (Å²) in [6.45, 7) is 11.8. The highest BCUT2D eigenvalue weighted by molar-refractivity contribution is 5.73. The molecule has 122 valence electrons. The molecule has 22 heavy (non-hydrogen) atoms. The molecule has 1 unspecified atom stereocenters. The molecule has 0 radical (unpaired) electrons. The fourth-order valence-corrected chi connectivity index (χ4v) is 3.41. The minimum Gasteiger partial charge on any atom is -0.397 e. The van der Waals surface area contributed by atoms with E-state index in [1.165, 1.54) is 24.2 Å². The molecule has 2 saturated heterocycles. The van der Waals surface area contributed by atoms with E-state index in [-0.39, 0.29) is 0 Å². The highest BCUT2D eigenvalue weighted by atomic mass is 16.5. The van der Waals surface area contributed by atoms with E-state index >= 15 is 0 Å². The van der Waals surface area contributed by atoms with Crippen LogP contribution in [0.2, 0.25) is 0 Å². The lowest BCUT2D eigenvalue weighted by molar-refractivity contribution is 0.0532. The molecule has 0 saturated carbocycles. The first-order valence-electron chi connectivity index (χ1n) is 8.46. The van der Waals surface area contributed by atoms with Gasteiger partial charge in [0.25, 0.3) is 0 Å². The van der Waals surface area contributed by atoms with Gasteiger partial charge >= 0.3 is 0 Å². The van der Waals surface area contributed by atoms with E-state index < -0.39 is 0 Å². The van der Waals surface area contributed by atoms with Gasteiger partial charge in [-0.3, -0.25) is 0 Å². The number of hydrogen-bond donors (Lipinski definition) is 1. The molecule has 0 aliphatic carbocycles. The van der Waals surface area contributed by atoms with Gasteiger partial charge in [0.2, 0.25) is 0 Å². The molecule has 0 aromatic heterocycles. The van der Waals surface area contributed by atoms with Crippen molar-refractivity contribution >= 4 is 17.1 Å². The van der Waals surface area contributed by atoms with Gasteiger partial charge in [0.05, 0.1) is 24.1 Å². The molecule has 2 N–H and O–H groups in total. The quantitative estimate of drug-likeness (QED) is 0.852. The Morgan fingerprint density at radius 2 is 1.86 bits per heavy atom. The molecule has 2 aliphatic heterocycles. The van der Waals surface area contributed by atoms with Crippen molar-refractivity contribution in [2.45, 2.75) is 39.7 Å². The Hall–Kier alpha value is -1.42. The molecule has 2 fully saturated rings. The molecule has 4 nitrogen and oxygen atoms in total. The van der Waals surface area contributed by atoms with Crippen LogP contribution in [0, 0.1) is 5.41 Å². The van der Waals surface area contributed by atoms with Gasteiger partial charge in [0, 0.05) is 31.9 Å². The van der Waals surface area contributed by atoms with Gasteiger partial charge in [-0.2, -0.15) is 0 Å². The normalized spacial score (nSPS) is 25.3. The Kier molecular flexibility index (Phi) is 4.22. The van der Waals surface area contributed by atoms with Crippen LogP contribution in [0.25, 0.3) is 0 Å². The number of rotatable bonds is 2. The number of nitrogens with zero attached hydrogens (tertiary/aromatic N) is 2. The summed E-state index contributed by atoms with van der Waals surface area (Å²) in [4.78, 5) is 4.86.